The van der Waals surface area contributed by atoms with Crippen LogP contribution < -0.4 is 10.6 Å². The lowest BCUT2D eigenvalue weighted by atomic mass is 10.0. The van der Waals surface area contributed by atoms with Crippen LogP contribution in [0.5, 0.6) is 0 Å². The fourth-order valence-electron chi connectivity index (χ4n) is 4.31. The van der Waals surface area contributed by atoms with Crippen LogP contribution in [-0.4, -0.2) is 69.9 Å². The monoisotopic (exact) mass is 680 g/mol. The Labute approximate surface area is 264 Å². The molecule has 4 aromatic rings. The number of tetrazole rings is 1. The summed E-state index contributed by atoms with van der Waals surface area (Å²) in [5.41, 5.74) is -0.0421. The zero-order chi connectivity index (χ0) is 33.4. The Kier molecular flexibility index (Phi) is 8.77. The number of rotatable bonds is 8. The van der Waals surface area contributed by atoms with Crippen LogP contribution in [0, 0.1) is 18.3 Å². The number of alkyl halides is 5. The van der Waals surface area contributed by atoms with Gasteiger partial charge in [0.25, 0.3) is 17.6 Å². The van der Waals surface area contributed by atoms with Crippen LogP contribution in [0.2, 0.25) is 5.02 Å². The maximum absolute atomic E-state index is 13.7. The summed E-state index contributed by atoms with van der Waals surface area (Å²) in [5, 5.41) is 27.9. The van der Waals surface area contributed by atoms with Gasteiger partial charge in [-0.25, -0.2) is 9.67 Å². The molecule has 5 rings (SSSR count). The first-order valence-corrected chi connectivity index (χ1v) is 14.3. The topological polar surface area (TPSA) is 173 Å². The molecule has 2 N–H and O–H groups in total. The summed E-state index contributed by atoms with van der Waals surface area (Å²) in [6.07, 6.45) is -4.23. The average molecular weight is 681 g/mol. The van der Waals surface area contributed by atoms with E-state index in [0.717, 1.165) is 22.5 Å². The number of nitrogens with one attached hydrogen (secondary N) is 2. The summed E-state index contributed by atoms with van der Waals surface area (Å²) in [6.45, 7) is 0.933. The normalized spacial score (nSPS) is 15.1. The van der Waals surface area contributed by atoms with Crippen LogP contribution >= 0.6 is 23.4 Å². The summed E-state index contributed by atoms with van der Waals surface area (Å²) in [5.74, 6) is -8.39. The first-order valence-electron chi connectivity index (χ1n) is 13.0. The Morgan fingerprint density at radius 1 is 1.17 bits per heavy atom. The largest absolute Gasteiger partial charge is 0.461 e. The molecule has 13 nitrogen and oxygen atoms in total. The van der Waals surface area contributed by atoms with Gasteiger partial charge in [-0.3, -0.25) is 14.4 Å². The summed E-state index contributed by atoms with van der Waals surface area (Å²) >= 11 is 7.35. The number of carbonyl (C=O) groups is 3. The van der Waals surface area contributed by atoms with Gasteiger partial charge in [0.05, 0.1) is 39.6 Å². The van der Waals surface area contributed by atoms with E-state index in [-0.39, 0.29) is 44.2 Å². The molecule has 1 atom stereocenters. The molecule has 1 aliphatic heterocycles. The second kappa shape index (κ2) is 12.4. The van der Waals surface area contributed by atoms with Gasteiger partial charge >= 0.3 is 12.1 Å². The van der Waals surface area contributed by atoms with Gasteiger partial charge in [-0.15, -0.1) is 10.2 Å². The standard InChI is InChI=1S/C26H18ClF5N10O3S/c1-12-7-13(10-33)8-15(21(43)35-17-4-6-46-23(17)45)19(12)36-22(44)18-9-14(38-42(18)20-16(27)3-2-5-34-20)11-41-39-24(37-40-41)25(28,29)26(30,31)32/h2-3,5,7-9,17H,4,6,11H2,1H3,(H,35,43)(H,36,44). The zero-order valence-electron chi connectivity index (χ0n) is 23.1. The number of aryl methyl sites for hydroxylation is 1. The molecule has 0 aliphatic carbocycles. The molecule has 1 aliphatic rings. The van der Waals surface area contributed by atoms with Crippen LogP contribution in [-0.2, 0) is 17.3 Å². The van der Waals surface area contributed by atoms with Crippen molar-refractivity contribution in [2.45, 2.75) is 38.0 Å². The number of carbonyl (C=O) groups excluding carboxylic acids is 3. The molecule has 1 unspecified atom stereocenters. The van der Waals surface area contributed by atoms with Gasteiger partial charge in [0.2, 0.25) is 5.12 Å². The molecule has 46 heavy (non-hydrogen) atoms. The summed E-state index contributed by atoms with van der Waals surface area (Å²) in [4.78, 5) is 43.6. The maximum atomic E-state index is 13.7. The van der Waals surface area contributed by atoms with E-state index < -0.39 is 42.3 Å². The number of pyridine rings is 1. The molecule has 0 spiro atoms. The highest BCUT2D eigenvalue weighted by molar-refractivity contribution is 8.14. The predicted octanol–water partition coefficient (Wildman–Crippen LogP) is 3.80. The molecule has 1 saturated heterocycles. The van der Waals surface area contributed by atoms with Crippen molar-refractivity contribution in [2.75, 3.05) is 11.1 Å². The van der Waals surface area contributed by atoms with Crippen molar-refractivity contribution in [1.29, 1.82) is 5.26 Å². The van der Waals surface area contributed by atoms with E-state index in [9.17, 15) is 41.6 Å². The third-order valence-electron chi connectivity index (χ3n) is 6.51. The number of amides is 2. The fourth-order valence-corrected chi connectivity index (χ4v) is 5.44. The lowest BCUT2D eigenvalue weighted by Gasteiger charge is -2.17. The van der Waals surface area contributed by atoms with E-state index in [1.807, 2.05) is 6.07 Å². The minimum Gasteiger partial charge on any atom is -0.341 e. The summed E-state index contributed by atoms with van der Waals surface area (Å²) in [6, 6.07) is 7.92. The second-order valence-corrected chi connectivity index (χ2v) is 11.2. The molecule has 238 valence electrons. The number of aromatic nitrogens is 7. The number of hydrogen-bond donors (Lipinski definition) is 2. The molecule has 4 heterocycles. The molecule has 0 bridgehead atoms. The van der Waals surface area contributed by atoms with Gasteiger partial charge in [0, 0.05) is 11.9 Å². The Morgan fingerprint density at radius 2 is 1.93 bits per heavy atom. The first-order chi connectivity index (χ1) is 21.7. The minimum absolute atomic E-state index is 0.00187. The van der Waals surface area contributed by atoms with Crippen molar-refractivity contribution >= 4 is 46.0 Å². The van der Waals surface area contributed by atoms with E-state index in [4.69, 9.17) is 11.6 Å². The summed E-state index contributed by atoms with van der Waals surface area (Å²) in [7, 11) is 0. The van der Waals surface area contributed by atoms with Crippen molar-refractivity contribution in [1.82, 2.24) is 40.3 Å². The molecule has 0 saturated carbocycles. The number of anilines is 1. The SMILES string of the molecule is Cc1cc(C#N)cc(C(=O)NC2CCSC2=O)c1NC(=O)c1cc(Cn2nnc(C(F)(F)C(F)(F)F)n2)nn1-c1ncccc1Cl. The smallest absolute Gasteiger partial charge is 0.341 e. The molecule has 3 aromatic heterocycles. The molecule has 2 amide bonds. The van der Waals surface area contributed by atoms with E-state index in [1.165, 1.54) is 37.4 Å². The number of nitrogens with zero attached hydrogens (tertiary/aromatic N) is 8. The number of hydrogen-bond acceptors (Lipinski definition) is 10. The number of thioether (sulfide) groups is 1. The van der Waals surface area contributed by atoms with Crippen LogP contribution in [0.3, 0.4) is 0 Å². The Morgan fingerprint density at radius 3 is 2.59 bits per heavy atom. The molecule has 0 radical (unpaired) electrons. The van der Waals surface area contributed by atoms with Gasteiger partial charge in [-0.05, 0) is 54.5 Å². The van der Waals surface area contributed by atoms with Crippen LogP contribution in [0.15, 0.2) is 36.5 Å². The van der Waals surface area contributed by atoms with Gasteiger partial charge in [0.15, 0.2) is 5.82 Å². The van der Waals surface area contributed by atoms with Crippen molar-refractivity contribution in [3.8, 4) is 11.9 Å². The van der Waals surface area contributed by atoms with E-state index >= 15 is 0 Å². The van der Waals surface area contributed by atoms with Crippen molar-refractivity contribution in [3.05, 3.63) is 75.5 Å². The fraction of sp³-hybridized carbons (Fsp3) is 0.269. The molecule has 1 fully saturated rings. The van der Waals surface area contributed by atoms with E-state index in [1.54, 1.807) is 0 Å². The number of nitriles is 1. The van der Waals surface area contributed by atoms with E-state index in [0.29, 0.717) is 22.5 Å². The second-order valence-electron chi connectivity index (χ2n) is 9.72. The molecule has 20 heteroatoms. The average Bonchev–Trinajstić information content (AvgIpc) is 3.74. The lowest BCUT2D eigenvalue weighted by Crippen LogP contribution is -2.37. The van der Waals surface area contributed by atoms with Gasteiger partial charge in [-0.2, -0.15) is 37.1 Å². The quantitative estimate of drug-likeness (QED) is 0.261. The van der Waals surface area contributed by atoms with Gasteiger partial charge in [0.1, 0.15) is 12.2 Å². The maximum Gasteiger partial charge on any atom is 0.461 e. The van der Waals surface area contributed by atoms with Crippen LogP contribution in [0.4, 0.5) is 27.6 Å². The minimum atomic E-state index is -5.96. The van der Waals surface area contributed by atoms with Crippen molar-refractivity contribution < 1.29 is 36.3 Å². The zero-order valence-corrected chi connectivity index (χ0v) is 24.7. The van der Waals surface area contributed by atoms with Crippen LogP contribution in [0.25, 0.3) is 5.82 Å². The highest BCUT2D eigenvalue weighted by atomic mass is 35.5. The number of benzene rings is 1. The number of halogens is 6. The predicted molar refractivity (Wildman–Crippen MR) is 150 cm³/mol. The first kappa shape index (κ1) is 32.4. The Balaban J connectivity index is 1.50. The molecular formula is C26H18ClF5N10O3S. The van der Waals surface area contributed by atoms with Crippen molar-refractivity contribution in [3.63, 3.8) is 0 Å². The molecular weight excluding hydrogens is 663 g/mol. The lowest BCUT2D eigenvalue weighted by molar-refractivity contribution is -0.292. The highest BCUT2D eigenvalue weighted by Gasteiger charge is 2.62. The van der Waals surface area contributed by atoms with Gasteiger partial charge < -0.3 is 10.6 Å². The van der Waals surface area contributed by atoms with Gasteiger partial charge in [-0.1, -0.05) is 23.4 Å². The Bertz CT molecular complexity index is 1910. The van der Waals surface area contributed by atoms with Crippen molar-refractivity contribution in [2.24, 2.45) is 0 Å². The van der Waals surface area contributed by atoms with E-state index in [2.05, 4.69) is 36.1 Å². The van der Waals surface area contributed by atoms with Crippen LogP contribution in [0.1, 0.15) is 49.9 Å². The molecule has 1 aromatic carbocycles. The highest BCUT2D eigenvalue weighted by Crippen LogP contribution is 2.42. The third-order valence-corrected chi connectivity index (χ3v) is 7.82. The Hall–Kier alpha value is -4.96. The third kappa shape index (κ3) is 6.39. The summed E-state index contributed by atoms with van der Waals surface area (Å²) < 4.78 is 66.7.